The second kappa shape index (κ2) is 5.31. The molecule has 0 spiro atoms. The number of carbonyl (C=O) groups excluding carboxylic acids is 1. The summed E-state index contributed by atoms with van der Waals surface area (Å²) in [5, 5.41) is 0. The third-order valence-electron chi connectivity index (χ3n) is 3.50. The van der Waals surface area contributed by atoms with E-state index in [1.54, 1.807) is 0 Å². The van der Waals surface area contributed by atoms with E-state index >= 15 is 0 Å². The van der Waals surface area contributed by atoms with Crippen molar-refractivity contribution in [3.05, 3.63) is 35.1 Å². The standard InChI is InChI=1S/C14H14F4O/c15-13-6-5-10(8-12(13)14(16,17)18)9-3-1-2-4-11(19)7-9/h5-6,8-9H,1-4,7H2. The SMILES string of the molecule is O=C1CCCCC(c2ccc(F)c(C(F)(F)F)c2)C1. The molecule has 104 valence electrons. The summed E-state index contributed by atoms with van der Waals surface area (Å²) in [7, 11) is 0. The molecule has 1 saturated carbocycles. The van der Waals surface area contributed by atoms with E-state index in [4.69, 9.17) is 0 Å². The highest BCUT2D eigenvalue weighted by Crippen LogP contribution is 2.36. The second-order valence-corrected chi connectivity index (χ2v) is 4.92. The number of carbonyl (C=O) groups is 1. The molecule has 0 N–H and O–H groups in total. The maximum absolute atomic E-state index is 13.2. The first-order chi connectivity index (χ1) is 8.88. The van der Waals surface area contributed by atoms with Crippen molar-refractivity contribution in [2.75, 3.05) is 0 Å². The fraction of sp³-hybridized carbons (Fsp3) is 0.500. The van der Waals surface area contributed by atoms with Gasteiger partial charge in [-0.05, 0) is 36.5 Å². The minimum atomic E-state index is -4.70. The first-order valence-electron chi connectivity index (χ1n) is 6.26. The Morgan fingerprint density at radius 1 is 1.16 bits per heavy atom. The molecule has 2 rings (SSSR count). The van der Waals surface area contributed by atoms with Gasteiger partial charge in [-0.15, -0.1) is 0 Å². The van der Waals surface area contributed by atoms with Crippen LogP contribution in [0.3, 0.4) is 0 Å². The van der Waals surface area contributed by atoms with Crippen molar-refractivity contribution >= 4 is 5.78 Å². The van der Waals surface area contributed by atoms with E-state index in [0.717, 1.165) is 25.0 Å². The lowest BCUT2D eigenvalue weighted by Crippen LogP contribution is -2.11. The molecule has 1 aromatic carbocycles. The van der Waals surface area contributed by atoms with Gasteiger partial charge in [0.25, 0.3) is 0 Å². The summed E-state index contributed by atoms with van der Waals surface area (Å²) in [5.74, 6) is -1.42. The van der Waals surface area contributed by atoms with Crippen LogP contribution < -0.4 is 0 Å². The molecule has 0 aromatic heterocycles. The quantitative estimate of drug-likeness (QED) is 0.545. The second-order valence-electron chi connectivity index (χ2n) is 4.92. The molecule has 1 nitrogen and oxygen atoms in total. The first-order valence-corrected chi connectivity index (χ1v) is 6.26. The molecule has 1 aromatic rings. The fourth-order valence-corrected chi connectivity index (χ4v) is 2.49. The van der Waals surface area contributed by atoms with Crippen molar-refractivity contribution < 1.29 is 22.4 Å². The van der Waals surface area contributed by atoms with Crippen molar-refractivity contribution in [3.63, 3.8) is 0 Å². The van der Waals surface area contributed by atoms with Gasteiger partial charge in [0.1, 0.15) is 11.6 Å². The van der Waals surface area contributed by atoms with Gasteiger partial charge in [0.05, 0.1) is 5.56 Å². The van der Waals surface area contributed by atoms with Crippen molar-refractivity contribution in [1.29, 1.82) is 0 Å². The number of halogens is 4. The van der Waals surface area contributed by atoms with E-state index in [1.165, 1.54) is 6.07 Å². The van der Waals surface area contributed by atoms with Crippen molar-refractivity contribution in [2.45, 2.75) is 44.2 Å². The fourth-order valence-electron chi connectivity index (χ4n) is 2.49. The lowest BCUT2D eigenvalue weighted by Gasteiger charge is -2.16. The maximum atomic E-state index is 13.2. The molecule has 5 heteroatoms. The lowest BCUT2D eigenvalue weighted by molar-refractivity contribution is -0.140. The largest absolute Gasteiger partial charge is 0.419 e. The molecule has 19 heavy (non-hydrogen) atoms. The van der Waals surface area contributed by atoms with Gasteiger partial charge in [0.15, 0.2) is 0 Å². The first kappa shape index (κ1) is 14.0. The Hall–Kier alpha value is -1.39. The van der Waals surface area contributed by atoms with E-state index in [9.17, 15) is 22.4 Å². The number of alkyl halides is 3. The average Bonchev–Trinajstić information content (AvgIpc) is 2.53. The Balaban J connectivity index is 2.32. The minimum Gasteiger partial charge on any atom is -0.300 e. The number of ketones is 1. The zero-order chi connectivity index (χ0) is 14.0. The summed E-state index contributed by atoms with van der Waals surface area (Å²) in [6.45, 7) is 0. The monoisotopic (exact) mass is 274 g/mol. The van der Waals surface area contributed by atoms with E-state index in [2.05, 4.69) is 0 Å². The molecular formula is C14H14F4O. The summed E-state index contributed by atoms with van der Waals surface area (Å²) < 4.78 is 51.1. The molecule has 0 heterocycles. The molecule has 0 aliphatic heterocycles. The van der Waals surface area contributed by atoms with E-state index in [0.29, 0.717) is 18.4 Å². The Labute approximate surface area is 108 Å². The summed E-state index contributed by atoms with van der Waals surface area (Å²) in [6, 6.07) is 3.04. The van der Waals surface area contributed by atoms with Crippen LogP contribution in [0.1, 0.15) is 49.1 Å². The average molecular weight is 274 g/mol. The number of rotatable bonds is 1. The van der Waals surface area contributed by atoms with Gasteiger partial charge < -0.3 is 0 Å². The van der Waals surface area contributed by atoms with Crippen LogP contribution in [-0.2, 0) is 11.0 Å². The van der Waals surface area contributed by atoms with Gasteiger partial charge in [-0.25, -0.2) is 4.39 Å². The van der Waals surface area contributed by atoms with Crippen LogP contribution in [0.5, 0.6) is 0 Å². The Kier molecular flexibility index (Phi) is 3.92. The third-order valence-corrected chi connectivity index (χ3v) is 3.50. The maximum Gasteiger partial charge on any atom is 0.419 e. The number of benzene rings is 1. The number of hydrogen-bond donors (Lipinski definition) is 0. The van der Waals surface area contributed by atoms with E-state index in [1.807, 2.05) is 0 Å². The third kappa shape index (κ3) is 3.33. The van der Waals surface area contributed by atoms with E-state index in [-0.39, 0.29) is 18.1 Å². The zero-order valence-electron chi connectivity index (χ0n) is 10.3. The summed E-state index contributed by atoms with van der Waals surface area (Å²) in [5.41, 5.74) is -0.842. The van der Waals surface area contributed by atoms with Crippen LogP contribution in [0.15, 0.2) is 18.2 Å². The molecule has 1 unspecified atom stereocenters. The van der Waals surface area contributed by atoms with Crippen LogP contribution in [-0.4, -0.2) is 5.78 Å². The summed E-state index contributed by atoms with van der Waals surface area (Å²) in [6.07, 6.45) is -1.69. The van der Waals surface area contributed by atoms with Gasteiger partial charge in [0, 0.05) is 12.8 Å². The van der Waals surface area contributed by atoms with Gasteiger partial charge in [-0.1, -0.05) is 12.5 Å². The van der Waals surface area contributed by atoms with Crippen molar-refractivity contribution in [2.24, 2.45) is 0 Å². The Morgan fingerprint density at radius 3 is 2.58 bits per heavy atom. The van der Waals surface area contributed by atoms with Crippen LogP contribution in [0.4, 0.5) is 17.6 Å². The normalized spacial score (nSPS) is 21.3. The van der Waals surface area contributed by atoms with E-state index < -0.39 is 17.6 Å². The Morgan fingerprint density at radius 2 is 1.89 bits per heavy atom. The van der Waals surface area contributed by atoms with Crippen molar-refractivity contribution in [1.82, 2.24) is 0 Å². The molecule has 1 atom stereocenters. The molecule has 1 aliphatic rings. The van der Waals surface area contributed by atoms with Crippen LogP contribution in [0, 0.1) is 5.82 Å². The highest BCUT2D eigenvalue weighted by Gasteiger charge is 2.35. The van der Waals surface area contributed by atoms with Gasteiger partial charge in [0.2, 0.25) is 0 Å². The number of hydrogen-bond acceptors (Lipinski definition) is 1. The highest BCUT2D eigenvalue weighted by molar-refractivity contribution is 5.79. The smallest absolute Gasteiger partial charge is 0.300 e. The summed E-state index contributed by atoms with van der Waals surface area (Å²) >= 11 is 0. The van der Waals surface area contributed by atoms with Crippen LogP contribution in [0.2, 0.25) is 0 Å². The molecular weight excluding hydrogens is 260 g/mol. The molecule has 0 amide bonds. The lowest BCUT2D eigenvalue weighted by atomic mass is 9.90. The van der Waals surface area contributed by atoms with Gasteiger partial charge >= 0.3 is 6.18 Å². The van der Waals surface area contributed by atoms with Gasteiger partial charge in [-0.2, -0.15) is 13.2 Å². The molecule has 1 aliphatic carbocycles. The molecule has 1 fully saturated rings. The predicted molar refractivity (Wildman–Crippen MR) is 62.2 cm³/mol. The van der Waals surface area contributed by atoms with Crippen LogP contribution in [0.25, 0.3) is 0 Å². The molecule has 0 saturated heterocycles. The van der Waals surface area contributed by atoms with Crippen molar-refractivity contribution in [3.8, 4) is 0 Å². The van der Waals surface area contributed by atoms with Crippen LogP contribution >= 0.6 is 0 Å². The topological polar surface area (TPSA) is 17.1 Å². The highest BCUT2D eigenvalue weighted by atomic mass is 19.4. The molecule has 0 bridgehead atoms. The Bertz CT molecular complexity index is 479. The molecule has 0 radical (unpaired) electrons. The van der Waals surface area contributed by atoms with Gasteiger partial charge in [-0.3, -0.25) is 4.79 Å². The minimum absolute atomic E-state index is 0.0698. The predicted octanol–water partition coefficient (Wildman–Crippen LogP) is 4.46. The summed E-state index contributed by atoms with van der Waals surface area (Å²) in [4.78, 5) is 11.5. The zero-order valence-corrected chi connectivity index (χ0v) is 10.3. The number of Topliss-reactive ketones (excluding diaryl/α,β-unsaturated/α-hetero) is 1.